The molecule has 19 heavy (non-hydrogen) atoms. The summed E-state index contributed by atoms with van der Waals surface area (Å²) in [6, 6.07) is 0.198. The summed E-state index contributed by atoms with van der Waals surface area (Å²) >= 11 is 1.79. The third-order valence-electron chi connectivity index (χ3n) is 3.92. The molecule has 0 radical (unpaired) electrons. The zero-order valence-corrected chi connectivity index (χ0v) is 11.9. The highest BCUT2D eigenvalue weighted by Gasteiger charge is 2.36. The molecule has 1 amide bonds. The topological polar surface area (TPSA) is 75.6 Å². The highest BCUT2D eigenvalue weighted by atomic mass is 32.2. The average Bonchev–Trinajstić information content (AvgIpc) is 2.89. The van der Waals surface area contributed by atoms with Crippen molar-refractivity contribution < 1.29 is 19.4 Å². The average molecular weight is 287 g/mol. The standard InChI is InChI=1S/C13H21NO4S/c1-19-11-5-3-2-4-8(11)14-12(15)9-6-7-10(18-9)13(16)17/h8-11H,2-7H2,1H3,(H,14,15)(H,16,17)/t8?,9-,10+,11?/m0/s1. The molecule has 108 valence electrons. The molecule has 0 aromatic rings. The van der Waals surface area contributed by atoms with Gasteiger partial charge in [0.15, 0.2) is 6.10 Å². The SMILES string of the molecule is CSC1CCCCC1NC(=O)[C@@H]1CC[C@H](C(=O)O)O1. The van der Waals surface area contributed by atoms with E-state index in [1.165, 1.54) is 6.42 Å². The fraction of sp³-hybridized carbons (Fsp3) is 0.846. The molecule has 0 bridgehead atoms. The van der Waals surface area contributed by atoms with Crippen LogP contribution in [0.5, 0.6) is 0 Å². The third kappa shape index (κ3) is 3.63. The van der Waals surface area contributed by atoms with E-state index in [2.05, 4.69) is 11.6 Å². The molecule has 2 fully saturated rings. The lowest BCUT2D eigenvalue weighted by atomic mass is 9.94. The van der Waals surface area contributed by atoms with E-state index in [0.29, 0.717) is 18.1 Å². The van der Waals surface area contributed by atoms with Gasteiger partial charge in [0.1, 0.15) is 6.10 Å². The van der Waals surface area contributed by atoms with E-state index in [-0.39, 0.29) is 11.9 Å². The summed E-state index contributed by atoms with van der Waals surface area (Å²) in [7, 11) is 0. The van der Waals surface area contributed by atoms with Crippen molar-refractivity contribution >= 4 is 23.6 Å². The van der Waals surface area contributed by atoms with Crippen molar-refractivity contribution in [2.24, 2.45) is 0 Å². The number of hydrogen-bond donors (Lipinski definition) is 2. The maximum absolute atomic E-state index is 12.1. The molecular formula is C13H21NO4S. The van der Waals surface area contributed by atoms with Crippen LogP contribution >= 0.6 is 11.8 Å². The Morgan fingerprint density at radius 2 is 1.84 bits per heavy atom. The molecule has 1 aliphatic heterocycles. The van der Waals surface area contributed by atoms with Gasteiger partial charge in [0.25, 0.3) is 0 Å². The first-order valence-corrected chi connectivity index (χ1v) is 8.12. The van der Waals surface area contributed by atoms with Crippen LogP contribution < -0.4 is 5.32 Å². The molecular weight excluding hydrogens is 266 g/mol. The molecule has 2 aliphatic rings. The van der Waals surface area contributed by atoms with E-state index >= 15 is 0 Å². The zero-order chi connectivity index (χ0) is 13.8. The number of carboxylic acids is 1. The van der Waals surface area contributed by atoms with Gasteiger partial charge in [-0.3, -0.25) is 4.79 Å². The molecule has 0 aromatic carbocycles. The summed E-state index contributed by atoms with van der Waals surface area (Å²) in [6.45, 7) is 0. The summed E-state index contributed by atoms with van der Waals surface area (Å²) in [5, 5.41) is 12.4. The quantitative estimate of drug-likeness (QED) is 0.817. The maximum atomic E-state index is 12.1. The smallest absolute Gasteiger partial charge is 0.332 e. The Hall–Kier alpha value is -0.750. The van der Waals surface area contributed by atoms with E-state index in [9.17, 15) is 9.59 Å². The van der Waals surface area contributed by atoms with Crippen molar-refractivity contribution in [2.45, 2.75) is 62.0 Å². The lowest BCUT2D eigenvalue weighted by Crippen LogP contribution is -2.47. The molecule has 1 saturated heterocycles. The highest BCUT2D eigenvalue weighted by molar-refractivity contribution is 7.99. The van der Waals surface area contributed by atoms with Gasteiger partial charge in [0.05, 0.1) is 0 Å². The number of hydrogen-bond acceptors (Lipinski definition) is 4. The van der Waals surface area contributed by atoms with Gasteiger partial charge in [-0.2, -0.15) is 11.8 Å². The summed E-state index contributed by atoms with van der Waals surface area (Å²) < 4.78 is 5.28. The van der Waals surface area contributed by atoms with Gasteiger partial charge in [-0.15, -0.1) is 0 Å². The Kier molecular flexibility index (Phi) is 5.10. The molecule has 0 aromatic heterocycles. The van der Waals surface area contributed by atoms with Crippen LogP contribution in [0.25, 0.3) is 0 Å². The molecule has 1 saturated carbocycles. The van der Waals surface area contributed by atoms with Gasteiger partial charge in [0.2, 0.25) is 5.91 Å². The van der Waals surface area contributed by atoms with Crippen molar-refractivity contribution in [1.29, 1.82) is 0 Å². The van der Waals surface area contributed by atoms with Crippen LogP contribution in [0.15, 0.2) is 0 Å². The Morgan fingerprint density at radius 1 is 1.16 bits per heavy atom. The lowest BCUT2D eigenvalue weighted by Gasteiger charge is -2.31. The Morgan fingerprint density at radius 3 is 2.47 bits per heavy atom. The first kappa shape index (κ1) is 14.7. The number of aliphatic carboxylic acids is 1. The van der Waals surface area contributed by atoms with E-state index in [1.54, 1.807) is 11.8 Å². The van der Waals surface area contributed by atoms with Gasteiger partial charge >= 0.3 is 5.97 Å². The Labute approximate surface area is 117 Å². The van der Waals surface area contributed by atoms with Crippen LogP contribution in [0.4, 0.5) is 0 Å². The zero-order valence-electron chi connectivity index (χ0n) is 11.1. The number of carbonyl (C=O) groups is 2. The third-order valence-corrected chi connectivity index (χ3v) is 5.09. The second-order valence-electron chi connectivity index (χ2n) is 5.20. The van der Waals surface area contributed by atoms with Crippen LogP contribution in [-0.4, -0.2) is 46.7 Å². The first-order valence-electron chi connectivity index (χ1n) is 6.83. The minimum absolute atomic E-state index is 0.144. The molecule has 1 aliphatic carbocycles. The molecule has 4 atom stereocenters. The van der Waals surface area contributed by atoms with E-state index < -0.39 is 18.2 Å². The number of carboxylic acid groups (broad SMARTS) is 1. The van der Waals surface area contributed by atoms with Crippen molar-refractivity contribution in [3.8, 4) is 0 Å². The van der Waals surface area contributed by atoms with Crippen LogP contribution in [0.1, 0.15) is 38.5 Å². The molecule has 5 nitrogen and oxygen atoms in total. The largest absolute Gasteiger partial charge is 0.479 e. The summed E-state index contributed by atoms with van der Waals surface area (Å²) in [5.74, 6) is -1.12. The second-order valence-corrected chi connectivity index (χ2v) is 6.28. The lowest BCUT2D eigenvalue weighted by molar-refractivity contribution is -0.151. The summed E-state index contributed by atoms with van der Waals surface area (Å²) in [5.41, 5.74) is 0. The van der Waals surface area contributed by atoms with Crippen molar-refractivity contribution in [1.82, 2.24) is 5.32 Å². The molecule has 0 spiro atoms. The van der Waals surface area contributed by atoms with Gasteiger partial charge < -0.3 is 15.2 Å². The van der Waals surface area contributed by atoms with Gasteiger partial charge in [-0.1, -0.05) is 12.8 Å². The Bertz CT molecular complexity index is 350. The van der Waals surface area contributed by atoms with Crippen molar-refractivity contribution in [3.63, 3.8) is 0 Å². The predicted molar refractivity (Wildman–Crippen MR) is 73.2 cm³/mol. The predicted octanol–water partition coefficient (Wildman–Crippen LogP) is 1.41. The highest BCUT2D eigenvalue weighted by Crippen LogP contribution is 2.28. The fourth-order valence-electron chi connectivity index (χ4n) is 2.83. The van der Waals surface area contributed by atoms with E-state index in [4.69, 9.17) is 9.84 Å². The van der Waals surface area contributed by atoms with Crippen LogP contribution in [0.2, 0.25) is 0 Å². The van der Waals surface area contributed by atoms with Gasteiger partial charge in [-0.05, 0) is 31.9 Å². The molecule has 2 N–H and O–H groups in total. The number of thioether (sulfide) groups is 1. The Balaban J connectivity index is 1.85. The maximum Gasteiger partial charge on any atom is 0.332 e. The van der Waals surface area contributed by atoms with E-state index in [1.807, 2.05) is 0 Å². The van der Waals surface area contributed by atoms with Crippen LogP contribution in [0, 0.1) is 0 Å². The fourth-order valence-corrected chi connectivity index (χ4v) is 3.77. The van der Waals surface area contributed by atoms with Crippen molar-refractivity contribution in [3.05, 3.63) is 0 Å². The monoisotopic (exact) mass is 287 g/mol. The van der Waals surface area contributed by atoms with Crippen LogP contribution in [-0.2, 0) is 14.3 Å². The molecule has 2 rings (SSSR count). The normalized spacial score (nSPS) is 35.0. The second kappa shape index (κ2) is 6.61. The summed E-state index contributed by atoms with van der Waals surface area (Å²) in [4.78, 5) is 22.9. The first-order chi connectivity index (χ1) is 9.11. The minimum Gasteiger partial charge on any atom is -0.479 e. The summed E-state index contributed by atoms with van der Waals surface area (Å²) in [6.07, 6.45) is 6.08. The van der Waals surface area contributed by atoms with Crippen molar-refractivity contribution in [2.75, 3.05) is 6.26 Å². The van der Waals surface area contributed by atoms with Gasteiger partial charge in [0, 0.05) is 11.3 Å². The molecule has 1 heterocycles. The number of ether oxygens (including phenoxy) is 1. The number of amides is 1. The van der Waals surface area contributed by atoms with E-state index in [0.717, 1.165) is 19.3 Å². The number of rotatable bonds is 4. The van der Waals surface area contributed by atoms with Gasteiger partial charge in [-0.25, -0.2) is 4.79 Å². The molecule has 2 unspecified atom stereocenters. The number of nitrogens with one attached hydrogen (secondary N) is 1. The minimum atomic E-state index is -0.977. The van der Waals surface area contributed by atoms with Crippen LogP contribution in [0.3, 0.4) is 0 Å². The molecule has 6 heteroatoms. The number of carbonyl (C=O) groups excluding carboxylic acids is 1.